The second-order valence-corrected chi connectivity index (χ2v) is 4.97. The van der Waals surface area contributed by atoms with Crippen LogP contribution in [0.15, 0.2) is 36.4 Å². The van der Waals surface area contributed by atoms with E-state index < -0.39 is 11.9 Å². The average Bonchev–Trinajstić information content (AvgIpc) is 2.53. The highest BCUT2D eigenvalue weighted by Gasteiger charge is 2.17. The largest absolute Gasteiger partial charge is 0.493 e. The molecule has 0 radical (unpaired) electrons. The lowest BCUT2D eigenvalue weighted by atomic mass is 10.1. The summed E-state index contributed by atoms with van der Waals surface area (Å²) in [5.74, 6) is -0.910. The van der Waals surface area contributed by atoms with Gasteiger partial charge >= 0.3 is 5.97 Å². The SMILES string of the molecule is COc1cccc(C(=O)Nc2cc(Cl)cc(C(=O)O)c2)c1OC. The summed E-state index contributed by atoms with van der Waals surface area (Å²) in [6.45, 7) is 0. The fraction of sp³-hybridized carbons (Fsp3) is 0.125. The number of para-hydroxylation sites is 1. The third-order valence-electron chi connectivity index (χ3n) is 3.05. The van der Waals surface area contributed by atoms with Gasteiger partial charge in [0.1, 0.15) is 0 Å². The van der Waals surface area contributed by atoms with Gasteiger partial charge in [-0.05, 0) is 30.3 Å². The number of rotatable bonds is 5. The van der Waals surface area contributed by atoms with Crippen molar-refractivity contribution in [2.75, 3.05) is 19.5 Å². The second-order valence-electron chi connectivity index (χ2n) is 4.53. The van der Waals surface area contributed by atoms with Crippen LogP contribution in [0.1, 0.15) is 20.7 Å². The molecule has 0 fully saturated rings. The number of benzene rings is 2. The van der Waals surface area contributed by atoms with Crippen LogP contribution >= 0.6 is 11.6 Å². The quantitative estimate of drug-likeness (QED) is 0.875. The minimum absolute atomic E-state index is 0.0228. The van der Waals surface area contributed by atoms with Gasteiger partial charge in [0, 0.05) is 10.7 Å². The summed E-state index contributed by atoms with van der Waals surface area (Å²) in [5, 5.41) is 11.8. The molecule has 2 aromatic rings. The number of aromatic carboxylic acids is 1. The number of carbonyl (C=O) groups excluding carboxylic acids is 1. The summed E-state index contributed by atoms with van der Waals surface area (Å²) < 4.78 is 10.3. The molecule has 0 aliphatic heterocycles. The summed E-state index contributed by atoms with van der Waals surface area (Å²) in [5.41, 5.74) is 0.499. The van der Waals surface area contributed by atoms with Crippen LogP contribution in [0.4, 0.5) is 5.69 Å². The summed E-state index contributed by atoms with van der Waals surface area (Å²) in [4.78, 5) is 23.5. The normalized spacial score (nSPS) is 10.0. The molecule has 0 aliphatic carbocycles. The Morgan fingerprint density at radius 2 is 1.87 bits per heavy atom. The highest BCUT2D eigenvalue weighted by Crippen LogP contribution is 2.31. The zero-order valence-corrected chi connectivity index (χ0v) is 13.2. The zero-order valence-electron chi connectivity index (χ0n) is 12.4. The van der Waals surface area contributed by atoms with E-state index in [1.54, 1.807) is 18.2 Å². The Kier molecular flexibility index (Phi) is 5.08. The van der Waals surface area contributed by atoms with Crippen molar-refractivity contribution in [2.45, 2.75) is 0 Å². The number of halogens is 1. The fourth-order valence-corrected chi connectivity index (χ4v) is 2.28. The molecule has 0 atom stereocenters. The van der Waals surface area contributed by atoms with Gasteiger partial charge in [-0.1, -0.05) is 17.7 Å². The lowest BCUT2D eigenvalue weighted by Gasteiger charge is -2.13. The van der Waals surface area contributed by atoms with E-state index in [1.807, 2.05) is 0 Å². The van der Waals surface area contributed by atoms with Gasteiger partial charge in [0.15, 0.2) is 11.5 Å². The number of nitrogens with one attached hydrogen (secondary N) is 1. The van der Waals surface area contributed by atoms with E-state index in [1.165, 1.54) is 32.4 Å². The van der Waals surface area contributed by atoms with Gasteiger partial charge in [0.25, 0.3) is 5.91 Å². The van der Waals surface area contributed by atoms with Crippen LogP contribution in [0.2, 0.25) is 5.02 Å². The monoisotopic (exact) mass is 335 g/mol. The molecule has 0 unspecified atom stereocenters. The fourth-order valence-electron chi connectivity index (χ4n) is 2.05. The van der Waals surface area contributed by atoms with Gasteiger partial charge in [-0.2, -0.15) is 0 Å². The van der Waals surface area contributed by atoms with E-state index in [0.717, 1.165) is 0 Å². The molecule has 0 aliphatic rings. The molecule has 2 aromatic carbocycles. The molecule has 0 aromatic heterocycles. The summed E-state index contributed by atoms with van der Waals surface area (Å²) in [6.07, 6.45) is 0. The molecule has 2 N–H and O–H groups in total. The zero-order chi connectivity index (χ0) is 17.0. The molecular formula is C16H14ClNO5. The Labute approximate surface area is 137 Å². The number of amides is 1. The standard InChI is InChI=1S/C16H14ClNO5/c1-22-13-5-3-4-12(14(13)23-2)15(19)18-11-7-9(16(20)21)6-10(17)8-11/h3-8H,1-2H3,(H,18,19)(H,20,21). The Morgan fingerprint density at radius 1 is 1.13 bits per heavy atom. The van der Waals surface area contributed by atoms with Crippen molar-refractivity contribution >= 4 is 29.2 Å². The van der Waals surface area contributed by atoms with Crippen LogP contribution in [0.3, 0.4) is 0 Å². The van der Waals surface area contributed by atoms with Crippen LogP contribution < -0.4 is 14.8 Å². The van der Waals surface area contributed by atoms with E-state index in [-0.39, 0.29) is 27.6 Å². The van der Waals surface area contributed by atoms with Crippen molar-refractivity contribution in [1.82, 2.24) is 0 Å². The lowest BCUT2D eigenvalue weighted by Crippen LogP contribution is -2.14. The maximum atomic E-state index is 12.4. The Hall–Kier alpha value is -2.73. The van der Waals surface area contributed by atoms with Gasteiger partial charge in [-0.25, -0.2) is 4.79 Å². The molecule has 0 bridgehead atoms. The topological polar surface area (TPSA) is 84.9 Å². The number of methoxy groups -OCH3 is 2. The number of hydrogen-bond donors (Lipinski definition) is 2. The van der Waals surface area contributed by atoms with Crippen LogP contribution in [0, 0.1) is 0 Å². The van der Waals surface area contributed by atoms with E-state index in [2.05, 4.69) is 5.32 Å². The van der Waals surface area contributed by atoms with Crippen molar-refractivity contribution in [3.8, 4) is 11.5 Å². The first-order valence-corrected chi connectivity index (χ1v) is 6.90. The van der Waals surface area contributed by atoms with Crippen LogP contribution in [0.25, 0.3) is 0 Å². The van der Waals surface area contributed by atoms with Gasteiger partial charge < -0.3 is 19.9 Å². The van der Waals surface area contributed by atoms with Gasteiger partial charge in [0.05, 0.1) is 25.3 Å². The summed E-state index contributed by atoms with van der Waals surface area (Å²) >= 11 is 5.87. The number of ether oxygens (including phenoxy) is 2. The molecule has 23 heavy (non-hydrogen) atoms. The van der Waals surface area contributed by atoms with E-state index >= 15 is 0 Å². The minimum Gasteiger partial charge on any atom is -0.493 e. The number of carbonyl (C=O) groups is 2. The van der Waals surface area contributed by atoms with E-state index in [0.29, 0.717) is 5.75 Å². The maximum Gasteiger partial charge on any atom is 0.335 e. The molecule has 2 rings (SSSR count). The first kappa shape index (κ1) is 16.6. The molecule has 0 saturated carbocycles. The molecule has 0 saturated heterocycles. The van der Waals surface area contributed by atoms with Crippen molar-refractivity contribution < 1.29 is 24.2 Å². The maximum absolute atomic E-state index is 12.4. The smallest absolute Gasteiger partial charge is 0.335 e. The summed E-state index contributed by atoms with van der Waals surface area (Å²) in [6, 6.07) is 8.96. The molecule has 6 nitrogen and oxygen atoms in total. The Balaban J connectivity index is 2.35. The summed E-state index contributed by atoms with van der Waals surface area (Å²) in [7, 11) is 2.90. The highest BCUT2D eigenvalue weighted by atomic mass is 35.5. The van der Waals surface area contributed by atoms with Crippen molar-refractivity contribution in [2.24, 2.45) is 0 Å². The Morgan fingerprint density at radius 3 is 2.48 bits per heavy atom. The predicted octanol–water partition coefficient (Wildman–Crippen LogP) is 3.31. The van der Waals surface area contributed by atoms with Crippen molar-refractivity contribution in [3.05, 3.63) is 52.5 Å². The number of hydrogen-bond acceptors (Lipinski definition) is 4. The third-order valence-corrected chi connectivity index (χ3v) is 3.27. The number of anilines is 1. The van der Waals surface area contributed by atoms with Gasteiger partial charge in [-0.3, -0.25) is 4.79 Å². The van der Waals surface area contributed by atoms with Crippen molar-refractivity contribution in [3.63, 3.8) is 0 Å². The Bertz CT molecular complexity index is 760. The van der Waals surface area contributed by atoms with E-state index in [4.69, 9.17) is 26.2 Å². The third kappa shape index (κ3) is 3.73. The molecule has 0 spiro atoms. The molecule has 0 heterocycles. The lowest BCUT2D eigenvalue weighted by molar-refractivity contribution is 0.0696. The van der Waals surface area contributed by atoms with Crippen LogP contribution in [-0.2, 0) is 0 Å². The van der Waals surface area contributed by atoms with Gasteiger partial charge in [0.2, 0.25) is 0 Å². The van der Waals surface area contributed by atoms with Crippen molar-refractivity contribution in [1.29, 1.82) is 0 Å². The number of carboxylic acids is 1. The average molecular weight is 336 g/mol. The van der Waals surface area contributed by atoms with Gasteiger partial charge in [-0.15, -0.1) is 0 Å². The first-order chi connectivity index (χ1) is 11.0. The van der Waals surface area contributed by atoms with Crippen LogP contribution in [0.5, 0.6) is 11.5 Å². The first-order valence-electron chi connectivity index (χ1n) is 6.52. The molecular weight excluding hydrogens is 322 g/mol. The molecule has 120 valence electrons. The molecule has 1 amide bonds. The predicted molar refractivity (Wildman–Crippen MR) is 85.9 cm³/mol. The minimum atomic E-state index is -1.14. The van der Waals surface area contributed by atoms with Crippen LogP contribution in [-0.4, -0.2) is 31.2 Å². The number of carboxylic acid groups (broad SMARTS) is 1. The second kappa shape index (κ2) is 7.02. The highest BCUT2D eigenvalue weighted by molar-refractivity contribution is 6.31. The van der Waals surface area contributed by atoms with E-state index in [9.17, 15) is 9.59 Å². The molecule has 7 heteroatoms.